The molecule has 1 aromatic heterocycles. The van der Waals surface area contributed by atoms with Crippen molar-refractivity contribution in [3.63, 3.8) is 0 Å². The Labute approximate surface area is 158 Å². The maximum Gasteiger partial charge on any atom is 0.435 e. The highest BCUT2D eigenvalue weighted by atomic mass is 35.5. The van der Waals surface area contributed by atoms with Crippen LogP contribution in [0, 0.1) is 0 Å². The third-order valence-electron chi connectivity index (χ3n) is 3.66. The zero-order chi connectivity index (χ0) is 19.6. The molecule has 2 aromatic rings. The Kier molecular flexibility index (Phi) is 6.21. The first-order chi connectivity index (χ1) is 12.0. The van der Waals surface area contributed by atoms with E-state index in [0.717, 1.165) is 15.9 Å². The summed E-state index contributed by atoms with van der Waals surface area (Å²) in [6.45, 7) is 1.63. The van der Waals surface area contributed by atoms with Crippen molar-refractivity contribution in [3.05, 3.63) is 51.3 Å². The Hall–Kier alpha value is -1.77. The van der Waals surface area contributed by atoms with E-state index < -0.39 is 29.4 Å². The van der Waals surface area contributed by atoms with Gasteiger partial charge in [0, 0.05) is 23.3 Å². The fraction of sp³-hybridized carbons (Fsp3) is 0.375. The molecule has 0 aliphatic rings. The molecule has 142 valence electrons. The fourth-order valence-electron chi connectivity index (χ4n) is 2.52. The Morgan fingerprint density at radius 1 is 1.38 bits per heavy atom. The van der Waals surface area contributed by atoms with Crippen molar-refractivity contribution in [2.45, 2.75) is 25.6 Å². The Bertz CT molecular complexity index is 809. The number of benzene rings is 1. The second-order valence-corrected chi connectivity index (χ2v) is 6.51. The second kappa shape index (κ2) is 7.85. The van der Waals surface area contributed by atoms with Gasteiger partial charge < -0.3 is 0 Å². The van der Waals surface area contributed by atoms with Gasteiger partial charge >= 0.3 is 6.18 Å². The minimum absolute atomic E-state index is 0.261. The quantitative estimate of drug-likeness (QED) is 0.688. The van der Waals surface area contributed by atoms with Gasteiger partial charge in [0.15, 0.2) is 5.69 Å². The first kappa shape index (κ1) is 20.5. The summed E-state index contributed by atoms with van der Waals surface area (Å²) in [6, 6.07) is 4.28. The number of aryl methyl sites for hydroxylation is 1. The van der Waals surface area contributed by atoms with Crippen molar-refractivity contribution in [1.29, 1.82) is 0 Å². The number of alkyl halides is 3. The number of amides is 1. The molecule has 0 spiro atoms. The highest BCUT2D eigenvalue weighted by molar-refractivity contribution is 6.35. The van der Waals surface area contributed by atoms with Gasteiger partial charge in [0.05, 0.1) is 18.7 Å². The summed E-state index contributed by atoms with van der Waals surface area (Å²) in [5.74, 6) is -0.939. The van der Waals surface area contributed by atoms with Gasteiger partial charge in [0.2, 0.25) is 0 Å². The van der Waals surface area contributed by atoms with Gasteiger partial charge in [0.1, 0.15) is 0 Å². The van der Waals surface area contributed by atoms with Crippen molar-refractivity contribution >= 4 is 29.1 Å². The first-order valence-corrected chi connectivity index (χ1v) is 8.22. The molecule has 0 aliphatic carbocycles. The molecule has 1 aromatic carbocycles. The molecular formula is C16H16Cl2F3N3O2. The predicted octanol–water partition coefficient (Wildman–Crippen LogP) is 4.38. The maximum absolute atomic E-state index is 13.1. The van der Waals surface area contributed by atoms with Gasteiger partial charge in [-0.05, 0) is 31.0 Å². The third kappa shape index (κ3) is 4.49. The minimum Gasteiger partial charge on any atom is -0.274 e. The smallest absolute Gasteiger partial charge is 0.274 e. The second-order valence-electron chi connectivity index (χ2n) is 5.67. The number of nitrogens with zero attached hydrogens (tertiary/aromatic N) is 3. The molecule has 0 saturated heterocycles. The summed E-state index contributed by atoms with van der Waals surface area (Å²) in [4.78, 5) is 17.7. The number of carbonyl (C=O) groups is 1. The van der Waals surface area contributed by atoms with Gasteiger partial charge in [-0.3, -0.25) is 14.3 Å². The molecule has 0 saturated carbocycles. The summed E-state index contributed by atoms with van der Waals surface area (Å²) in [5.41, 5.74) is -1.17. The van der Waals surface area contributed by atoms with Crippen LogP contribution in [0.25, 0.3) is 0 Å². The van der Waals surface area contributed by atoms with E-state index >= 15 is 0 Å². The van der Waals surface area contributed by atoms with Gasteiger partial charge in [0.25, 0.3) is 5.91 Å². The maximum atomic E-state index is 13.1. The van der Waals surface area contributed by atoms with Crippen LogP contribution in [0.1, 0.15) is 28.5 Å². The molecule has 1 heterocycles. The van der Waals surface area contributed by atoms with Crippen LogP contribution in [-0.4, -0.2) is 33.9 Å². The molecule has 2 rings (SSSR count). The molecule has 0 N–H and O–H groups in total. The summed E-state index contributed by atoms with van der Waals surface area (Å²) in [5, 5.41) is 5.06. The minimum atomic E-state index is -4.76. The lowest BCUT2D eigenvalue weighted by molar-refractivity contribution is -0.143. The number of carbonyl (C=O) groups excluding carboxylic acids is 1. The Morgan fingerprint density at radius 3 is 2.58 bits per heavy atom. The van der Waals surface area contributed by atoms with E-state index in [-0.39, 0.29) is 6.42 Å². The van der Waals surface area contributed by atoms with Gasteiger partial charge in [-0.1, -0.05) is 29.3 Å². The van der Waals surface area contributed by atoms with E-state index in [4.69, 9.17) is 28.0 Å². The topological polar surface area (TPSA) is 47.4 Å². The molecule has 1 amide bonds. The average molecular weight is 410 g/mol. The van der Waals surface area contributed by atoms with Crippen molar-refractivity contribution < 1.29 is 22.8 Å². The van der Waals surface area contributed by atoms with E-state index in [0.29, 0.717) is 15.6 Å². The monoisotopic (exact) mass is 409 g/mol. The van der Waals surface area contributed by atoms with Crippen molar-refractivity contribution in [2.75, 3.05) is 7.11 Å². The molecule has 0 radical (unpaired) electrons. The van der Waals surface area contributed by atoms with E-state index in [2.05, 4.69) is 5.10 Å². The molecular weight excluding hydrogens is 394 g/mol. The highest BCUT2D eigenvalue weighted by Gasteiger charge is 2.40. The summed E-state index contributed by atoms with van der Waals surface area (Å²) in [6.07, 6.45) is -3.48. The SMILES string of the molecule is CON(C(=O)c1cn(C)nc1C(F)(F)F)C(C)Cc1ccc(Cl)cc1Cl. The van der Waals surface area contributed by atoms with E-state index in [1.165, 1.54) is 14.2 Å². The largest absolute Gasteiger partial charge is 0.435 e. The van der Waals surface area contributed by atoms with Crippen LogP contribution in [0.4, 0.5) is 13.2 Å². The lowest BCUT2D eigenvalue weighted by Gasteiger charge is -2.27. The lowest BCUT2D eigenvalue weighted by atomic mass is 10.1. The van der Waals surface area contributed by atoms with Crippen LogP contribution >= 0.6 is 23.2 Å². The van der Waals surface area contributed by atoms with E-state index in [1.807, 2.05) is 0 Å². The number of aromatic nitrogens is 2. The van der Waals surface area contributed by atoms with Gasteiger partial charge in [-0.25, -0.2) is 5.06 Å². The standard InChI is InChI=1S/C16H16Cl2F3N3O2/c1-9(6-10-4-5-11(17)7-13(10)18)24(26-3)15(25)12-8-23(2)22-14(12)16(19,20)21/h4-5,7-9H,6H2,1-3H3. The number of hydroxylamine groups is 2. The molecule has 0 fully saturated rings. The zero-order valence-electron chi connectivity index (χ0n) is 14.1. The number of hydrogen-bond acceptors (Lipinski definition) is 3. The molecule has 1 atom stereocenters. The number of rotatable bonds is 5. The van der Waals surface area contributed by atoms with Crippen LogP contribution in [0.3, 0.4) is 0 Å². The van der Waals surface area contributed by atoms with Crippen LogP contribution in [0.5, 0.6) is 0 Å². The summed E-state index contributed by atoms with van der Waals surface area (Å²) >= 11 is 12.0. The number of halogens is 5. The molecule has 5 nitrogen and oxygen atoms in total. The van der Waals surface area contributed by atoms with Crippen molar-refractivity contribution in [2.24, 2.45) is 7.05 Å². The Morgan fingerprint density at radius 2 is 2.04 bits per heavy atom. The van der Waals surface area contributed by atoms with Crippen molar-refractivity contribution in [3.8, 4) is 0 Å². The van der Waals surface area contributed by atoms with E-state index in [1.54, 1.807) is 25.1 Å². The summed E-state index contributed by atoms with van der Waals surface area (Å²) in [7, 11) is 2.52. The molecule has 0 bridgehead atoms. The lowest BCUT2D eigenvalue weighted by Crippen LogP contribution is -2.39. The molecule has 26 heavy (non-hydrogen) atoms. The molecule has 1 unspecified atom stereocenters. The van der Waals surface area contributed by atoms with E-state index in [9.17, 15) is 18.0 Å². The van der Waals surface area contributed by atoms with Crippen molar-refractivity contribution in [1.82, 2.24) is 14.8 Å². The number of hydrogen-bond donors (Lipinski definition) is 0. The van der Waals surface area contributed by atoms with Crippen LogP contribution in [0.15, 0.2) is 24.4 Å². The van der Waals surface area contributed by atoms with Gasteiger partial charge in [-0.15, -0.1) is 0 Å². The Balaban J connectivity index is 2.29. The molecule has 0 aliphatic heterocycles. The van der Waals surface area contributed by atoms with Gasteiger partial charge in [-0.2, -0.15) is 18.3 Å². The van der Waals surface area contributed by atoms with Crippen LogP contribution < -0.4 is 0 Å². The average Bonchev–Trinajstić information content (AvgIpc) is 2.93. The zero-order valence-corrected chi connectivity index (χ0v) is 15.7. The summed E-state index contributed by atoms with van der Waals surface area (Å²) < 4.78 is 40.3. The highest BCUT2D eigenvalue weighted by Crippen LogP contribution is 2.31. The molecule has 10 heteroatoms. The van der Waals surface area contributed by atoms with Crippen LogP contribution in [0.2, 0.25) is 10.0 Å². The van der Waals surface area contributed by atoms with Crippen LogP contribution in [-0.2, 0) is 24.5 Å². The first-order valence-electron chi connectivity index (χ1n) is 7.47. The predicted molar refractivity (Wildman–Crippen MR) is 91.0 cm³/mol. The normalized spacial score (nSPS) is 12.9. The third-order valence-corrected chi connectivity index (χ3v) is 4.24. The fourth-order valence-corrected chi connectivity index (χ4v) is 3.01.